The SMILES string of the molecule is CC1=C2CC[C@]34C[C@@H](CO)[C@@H](CC[C@H]3[C@]2(C)CCC1=O)C4. The first-order chi connectivity index (χ1) is 10.00. The van der Waals surface area contributed by atoms with Crippen molar-refractivity contribution in [3.05, 3.63) is 11.1 Å². The summed E-state index contributed by atoms with van der Waals surface area (Å²) in [5.74, 6) is 2.47. The maximum atomic E-state index is 12.1. The molecule has 0 saturated heterocycles. The number of aliphatic hydroxyl groups is 1. The van der Waals surface area contributed by atoms with Crippen LogP contribution in [0.3, 0.4) is 0 Å². The topological polar surface area (TPSA) is 37.3 Å². The predicted octanol–water partition coefficient (Wildman–Crippen LogP) is 3.88. The molecule has 4 aliphatic carbocycles. The van der Waals surface area contributed by atoms with Gasteiger partial charge in [-0.05, 0) is 86.0 Å². The van der Waals surface area contributed by atoms with Crippen molar-refractivity contribution < 1.29 is 9.90 Å². The minimum Gasteiger partial charge on any atom is -0.396 e. The molecule has 2 bridgehead atoms. The zero-order chi connectivity index (χ0) is 14.8. The zero-order valence-electron chi connectivity index (χ0n) is 13.5. The summed E-state index contributed by atoms with van der Waals surface area (Å²) in [6, 6.07) is 0. The molecule has 0 aromatic carbocycles. The van der Waals surface area contributed by atoms with Gasteiger partial charge in [-0.2, -0.15) is 0 Å². The lowest BCUT2D eigenvalue weighted by molar-refractivity contribution is -0.118. The Morgan fingerprint density at radius 1 is 1.19 bits per heavy atom. The van der Waals surface area contributed by atoms with Crippen LogP contribution in [0.5, 0.6) is 0 Å². The first-order valence-corrected chi connectivity index (χ1v) is 8.84. The summed E-state index contributed by atoms with van der Waals surface area (Å²) >= 11 is 0. The summed E-state index contributed by atoms with van der Waals surface area (Å²) in [6.07, 6.45) is 9.43. The van der Waals surface area contributed by atoms with Crippen molar-refractivity contribution in [1.29, 1.82) is 0 Å². The average molecular weight is 288 g/mol. The number of ketones is 1. The van der Waals surface area contributed by atoms with E-state index in [1.54, 1.807) is 0 Å². The Balaban J connectivity index is 1.76. The van der Waals surface area contributed by atoms with Crippen molar-refractivity contribution in [2.24, 2.45) is 28.6 Å². The lowest BCUT2D eigenvalue weighted by Gasteiger charge is -2.57. The van der Waals surface area contributed by atoms with Crippen LogP contribution in [0.15, 0.2) is 11.1 Å². The second-order valence-corrected chi connectivity index (χ2v) is 8.55. The number of carbonyl (C=O) groups excluding carboxylic acids is 1. The molecule has 0 unspecified atom stereocenters. The van der Waals surface area contributed by atoms with Gasteiger partial charge in [-0.15, -0.1) is 0 Å². The fourth-order valence-corrected chi connectivity index (χ4v) is 6.90. The molecule has 1 N–H and O–H groups in total. The summed E-state index contributed by atoms with van der Waals surface area (Å²) in [4.78, 5) is 12.1. The van der Waals surface area contributed by atoms with Gasteiger partial charge in [0, 0.05) is 13.0 Å². The number of fused-ring (bicyclic) bond motifs is 3. The summed E-state index contributed by atoms with van der Waals surface area (Å²) < 4.78 is 0. The molecule has 3 fully saturated rings. The van der Waals surface area contributed by atoms with Gasteiger partial charge in [-0.25, -0.2) is 0 Å². The average Bonchev–Trinajstić information content (AvgIpc) is 2.74. The predicted molar refractivity (Wildman–Crippen MR) is 82.7 cm³/mol. The van der Waals surface area contributed by atoms with Gasteiger partial charge in [0.2, 0.25) is 0 Å². The summed E-state index contributed by atoms with van der Waals surface area (Å²) in [6.45, 7) is 4.91. The third-order valence-corrected chi connectivity index (χ3v) is 7.88. The Morgan fingerprint density at radius 3 is 2.76 bits per heavy atom. The van der Waals surface area contributed by atoms with Crippen LogP contribution < -0.4 is 0 Å². The van der Waals surface area contributed by atoms with Gasteiger partial charge in [0.15, 0.2) is 5.78 Å². The zero-order valence-corrected chi connectivity index (χ0v) is 13.5. The molecule has 2 heteroatoms. The van der Waals surface area contributed by atoms with Crippen molar-refractivity contribution in [2.75, 3.05) is 6.61 Å². The molecular weight excluding hydrogens is 260 g/mol. The monoisotopic (exact) mass is 288 g/mol. The van der Waals surface area contributed by atoms with Crippen molar-refractivity contribution in [1.82, 2.24) is 0 Å². The smallest absolute Gasteiger partial charge is 0.158 e. The highest BCUT2D eigenvalue weighted by atomic mass is 16.3. The Morgan fingerprint density at radius 2 is 2.00 bits per heavy atom. The van der Waals surface area contributed by atoms with Crippen LogP contribution in [0.2, 0.25) is 0 Å². The summed E-state index contributed by atoms with van der Waals surface area (Å²) in [7, 11) is 0. The van der Waals surface area contributed by atoms with E-state index < -0.39 is 0 Å². The lowest BCUT2D eigenvalue weighted by atomic mass is 9.47. The van der Waals surface area contributed by atoms with Gasteiger partial charge in [0.25, 0.3) is 0 Å². The van der Waals surface area contributed by atoms with Crippen molar-refractivity contribution in [3.8, 4) is 0 Å². The lowest BCUT2D eigenvalue weighted by Crippen LogP contribution is -2.49. The summed E-state index contributed by atoms with van der Waals surface area (Å²) in [5, 5.41) is 9.72. The first kappa shape index (κ1) is 14.0. The third kappa shape index (κ3) is 1.72. The molecular formula is C19H28O2. The molecule has 4 aliphatic rings. The van der Waals surface area contributed by atoms with Crippen LogP contribution >= 0.6 is 0 Å². The molecule has 1 spiro atoms. The maximum Gasteiger partial charge on any atom is 0.158 e. The van der Waals surface area contributed by atoms with Crippen LogP contribution in [0.1, 0.15) is 65.2 Å². The maximum absolute atomic E-state index is 12.1. The van der Waals surface area contributed by atoms with E-state index in [1.807, 2.05) is 0 Å². The molecule has 0 amide bonds. The number of Topliss-reactive ketones (excluding diaryl/α,β-unsaturated/α-hetero) is 1. The molecule has 116 valence electrons. The Bertz CT molecular complexity index is 520. The number of aliphatic hydroxyl groups excluding tert-OH is 1. The molecule has 0 aromatic rings. The van der Waals surface area contributed by atoms with Crippen molar-refractivity contribution in [3.63, 3.8) is 0 Å². The molecule has 0 radical (unpaired) electrons. The van der Waals surface area contributed by atoms with Gasteiger partial charge in [-0.3, -0.25) is 4.79 Å². The van der Waals surface area contributed by atoms with Crippen molar-refractivity contribution >= 4 is 5.78 Å². The molecule has 2 nitrogen and oxygen atoms in total. The minimum absolute atomic E-state index is 0.269. The van der Waals surface area contributed by atoms with Gasteiger partial charge in [0.1, 0.15) is 0 Å². The molecule has 0 aliphatic heterocycles. The van der Waals surface area contributed by atoms with Crippen molar-refractivity contribution in [2.45, 2.75) is 65.2 Å². The van der Waals surface area contributed by atoms with Gasteiger partial charge in [0.05, 0.1) is 0 Å². The van der Waals surface area contributed by atoms with E-state index in [0.29, 0.717) is 23.7 Å². The number of allylic oxidation sites excluding steroid dienone is 2. The molecule has 0 heterocycles. The van der Waals surface area contributed by atoms with E-state index in [2.05, 4.69) is 13.8 Å². The van der Waals surface area contributed by atoms with Gasteiger partial charge < -0.3 is 5.11 Å². The molecule has 3 saturated carbocycles. The molecule has 4 rings (SSSR count). The molecule has 21 heavy (non-hydrogen) atoms. The van der Waals surface area contributed by atoms with Gasteiger partial charge >= 0.3 is 0 Å². The highest BCUT2D eigenvalue weighted by molar-refractivity contribution is 5.96. The van der Waals surface area contributed by atoms with E-state index in [9.17, 15) is 9.90 Å². The normalized spacial score (nSPS) is 49.1. The van der Waals surface area contributed by atoms with E-state index in [1.165, 1.54) is 37.7 Å². The summed E-state index contributed by atoms with van der Waals surface area (Å²) in [5.41, 5.74) is 3.35. The van der Waals surface area contributed by atoms with Crippen LogP contribution in [0, 0.1) is 28.6 Å². The Kier molecular flexibility index (Phi) is 2.96. The standard InChI is InChI=1S/C19H28O2/c1-12-15-5-8-19-9-13(14(10-19)11-20)3-4-17(19)18(15,2)7-6-16(12)21/h13-14,17,20H,3-11H2,1-2H3/t13-,14-,17-,18+,19-/m0/s1. The molecule has 0 aromatic heterocycles. The van der Waals surface area contributed by atoms with Crippen LogP contribution in [0.25, 0.3) is 0 Å². The second-order valence-electron chi connectivity index (χ2n) is 8.55. The second kappa shape index (κ2) is 4.44. The first-order valence-electron chi connectivity index (χ1n) is 8.84. The Labute approximate surface area is 128 Å². The number of carbonyl (C=O) groups is 1. The minimum atomic E-state index is 0.269. The number of hydrogen-bond acceptors (Lipinski definition) is 2. The van der Waals surface area contributed by atoms with Crippen LogP contribution in [0.4, 0.5) is 0 Å². The van der Waals surface area contributed by atoms with Crippen LogP contribution in [-0.4, -0.2) is 17.5 Å². The number of hydrogen-bond donors (Lipinski definition) is 1. The Hall–Kier alpha value is -0.630. The third-order valence-electron chi connectivity index (χ3n) is 7.88. The van der Waals surface area contributed by atoms with Crippen LogP contribution in [-0.2, 0) is 4.79 Å². The number of rotatable bonds is 1. The fourth-order valence-electron chi connectivity index (χ4n) is 6.90. The molecule has 5 atom stereocenters. The highest BCUT2D eigenvalue weighted by Gasteiger charge is 2.60. The van der Waals surface area contributed by atoms with Gasteiger partial charge in [-0.1, -0.05) is 12.5 Å². The quantitative estimate of drug-likeness (QED) is 0.795. The van der Waals surface area contributed by atoms with E-state index >= 15 is 0 Å². The fraction of sp³-hybridized carbons (Fsp3) is 0.842. The highest BCUT2D eigenvalue weighted by Crippen LogP contribution is 2.69. The van der Waals surface area contributed by atoms with E-state index in [4.69, 9.17) is 0 Å². The van der Waals surface area contributed by atoms with E-state index in [-0.39, 0.29) is 5.41 Å². The van der Waals surface area contributed by atoms with E-state index in [0.717, 1.165) is 36.7 Å². The largest absolute Gasteiger partial charge is 0.396 e.